The van der Waals surface area contributed by atoms with E-state index in [1.165, 1.54) is 43.2 Å². The molecular formula is C17H27N. The van der Waals surface area contributed by atoms with E-state index in [1.807, 2.05) is 0 Å². The van der Waals surface area contributed by atoms with E-state index >= 15 is 0 Å². The summed E-state index contributed by atoms with van der Waals surface area (Å²) in [5, 5.41) is 3.87. The third-order valence-electron chi connectivity index (χ3n) is 4.48. The molecule has 1 fully saturated rings. The number of hydrogen-bond donors (Lipinski definition) is 1. The van der Waals surface area contributed by atoms with Gasteiger partial charge in [0, 0.05) is 12.1 Å². The number of nitrogens with one attached hydrogen (secondary N) is 1. The standard InChI is InChI=1S/C17H27N/c1-13-9-7-8-11-16(13)15(3)18-17-12-6-4-5-10-14(17)2/h7-9,11,14-15,17-18H,4-6,10,12H2,1-3H3. The molecule has 0 aliphatic heterocycles. The summed E-state index contributed by atoms with van der Waals surface area (Å²) in [5.74, 6) is 0.818. The normalized spacial score (nSPS) is 26.6. The fourth-order valence-electron chi connectivity index (χ4n) is 3.22. The third kappa shape index (κ3) is 3.35. The molecule has 18 heavy (non-hydrogen) atoms. The second-order valence-corrected chi connectivity index (χ2v) is 5.97. The van der Waals surface area contributed by atoms with Crippen LogP contribution in [-0.4, -0.2) is 6.04 Å². The number of hydrogen-bond acceptors (Lipinski definition) is 1. The van der Waals surface area contributed by atoms with Crippen LogP contribution in [0.25, 0.3) is 0 Å². The average Bonchev–Trinajstić information content (AvgIpc) is 2.55. The molecule has 1 aliphatic rings. The van der Waals surface area contributed by atoms with E-state index in [0.29, 0.717) is 12.1 Å². The Morgan fingerprint density at radius 3 is 2.61 bits per heavy atom. The minimum absolute atomic E-state index is 0.469. The first-order valence-electron chi connectivity index (χ1n) is 7.50. The minimum Gasteiger partial charge on any atom is -0.307 e. The molecule has 0 amide bonds. The van der Waals surface area contributed by atoms with E-state index in [4.69, 9.17) is 0 Å². The van der Waals surface area contributed by atoms with Gasteiger partial charge in [0.05, 0.1) is 0 Å². The van der Waals surface area contributed by atoms with Crippen molar-refractivity contribution in [1.82, 2.24) is 5.32 Å². The zero-order chi connectivity index (χ0) is 13.0. The summed E-state index contributed by atoms with van der Waals surface area (Å²) in [6, 6.07) is 9.91. The Labute approximate surface area is 112 Å². The number of benzene rings is 1. The first kappa shape index (κ1) is 13.6. The zero-order valence-electron chi connectivity index (χ0n) is 12.1. The van der Waals surface area contributed by atoms with Crippen molar-refractivity contribution < 1.29 is 0 Å². The van der Waals surface area contributed by atoms with E-state index in [1.54, 1.807) is 0 Å². The molecule has 1 aromatic rings. The van der Waals surface area contributed by atoms with E-state index in [0.717, 1.165) is 5.92 Å². The molecule has 0 spiro atoms. The maximum Gasteiger partial charge on any atom is 0.0297 e. The lowest BCUT2D eigenvalue weighted by atomic mass is 9.94. The number of aryl methyl sites for hydroxylation is 1. The summed E-state index contributed by atoms with van der Waals surface area (Å²) < 4.78 is 0. The Bertz CT molecular complexity index is 372. The van der Waals surface area contributed by atoms with Gasteiger partial charge in [-0.15, -0.1) is 0 Å². The molecule has 2 rings (SSSR count). The lowest BCUT2D eigenvalue weighted by Crippen LogP contribution is -2.36. The highest BCUT2D eigenvalue weighted by Gasteiger charge is 2.21. The van der Waals surface area contributed by atoms with Crippen molar-refractivity contribution in [1.29, 1.82) is 0 Å². The molecule has 0 radical (unpaired) electrons. The summed E-state index contributed by atoms with van der Waals surface area (Å²) in [5.41, 5.74) is 2.85. The van der Waals surface area contributed by atoms with Gasteiger partial charge in [-0.3, -0.25) is 0 Å². The van der Waals surface area contributed by atoms with Crippen LogP contribution in [0.5, 0.6) is 0 Å². The van der Waals surface area contributed by atoms with Gasteiger partial charge in [0.15, 0.2) is 0 Å². The van der Waals surface area contributed by atoms with Crippen LogP contribution in [0, 0.1) is 12.8 Å². The lowest BCUT2D eigenvalue weighted by Gasteiger charge is -2.28. The minimum atomic E-state index is 0.469. The van der Waals surface area contributed by atoms with E-state index < -0.39 is 0 Å². The highest BCUT2D eigenvalue weighted by molar-refractivity contribution is 5.28. The quantitative estimate of drug-likeness (QED) is 0.767. The monoisotopic (exact) mass is 245 g/mol. The largest absolute Gasteiger partial charge is 0.307 e. The Morgan fingerprint density at radius 2 is 1.83 bits per heavy atom. The van der Waals surface area contributed by atoms with Gasteiger partial charge in [-0.05, 0) is 43.7 Å². The van der Waals surface area contributed by atoms with Crippen LogP contribution in [0.15, 0.2) is 24.3 Å². The second-order valence-electron chi connectivity index (χ2n) is 5.97. The Kier molecular flexibility index (Phi) is 4.82. The summed E-state index contributed by atoms with van der Waals surface area (Å²) in [6.45, 7) is 6.93. The van der Waals surface area contributed by atoms with Crippen LogP contribution in [0.4, 0.5) is 0 Å². The van der Waals surface area contributed by atoms with E-state index in [-0.39, 0.29) is 0 Å². The zero-order valence-corrected chi connectivity index (χ0v) is 12.1. The third-order valence-corrected chi connectivity index (χ3v) is 4.48. The van der Waals surface area contributed by atoms with Crippen molar-refractivity contribution >= 4 is 0 Å². The summed E-state index contributed by atoms with van der Waals surface area (Å²) >= 11 is 0. The highest BCUT2D eigenvalue weighted by atomic mass is 15.0. The molecule has 3 unspecified atom stereocenters. The Balaban J connectivity index is 2.02. The van der Waals surface area contributed by atoms with Gasteiger partial charge < -0.3 is 5.32 Å². The molecule has 1 heteroatoms. The molecule has 1 aliphatic carbocycles. The van der Waals surface area contributed by atoms with Gasteiger partial charge in [-0.2, -0.15) is 0 Å². The van der Waals surface area contributed by atoms with Gasteiger partial charge in [0.1, 0.15) is 0 Å². The van der Waals surface area contributed by atoms with Crippen LogP contribution in [0.3, 0.4) is 0 Å². The fraction of sp³-hybridized carbons (Fsp3) is 0.647. The molecule has 0 bridgehead atoms. The summed E-state index contributed by atoms with van der Waals surface area (Å²) in [6.07, 6.45) is 6.96. The average molecular weight is 245 g/mol. The van der Waals surface area contributed by atoms with Gasteiger partial charge >= 0.3 is 0 Å². The van der Waals surface area contributed by atoms with Crippen molar-refractivity contribution in [2.24, 2.45) is 5.92 Å². The Morgan fingerprint density at radius 1 is 1.11 bits per heavy atom. The SMILES string of the molecule is Cc1ccccc1C(C)NC1CCCCCC1C. The van der Waals surface area contributed by atoms with Gasteiger partial charge in [-0.1, -0.05) is 50.5 Å². The molecule has 1 saturated carbocycles. The van der Waals surface area contributed by atoms with Crippen LogP contribution >= 0.6 is 0 Å². The second kappa shape index (κ2) is 6.38. The lowest BCUT2D eigenvalue weighted by molar-refractivity contribution is 0.330. The molecule has 1 N–H and O–H groups in total. The van der Waals surface area contributed by atoms with Crippen LogP contribution in [0.2, 0.25) is 0 Å². The molecule has 0 aromatic heterocycles. The van der Waals surface area contributed by atoms with Crippen molar-refractivity contribution in [2.75, 3.05) is 0 Å². The molecule has 0 saturated heterocycles. The van der Waals surface area contributed by atoms with E-state index in [2.05, 4.69) is 50.4 Å². The van der Waals surface area contributed by atoms with Crippen LogP contribution in [0.1, 0.15) is 63.1 Å². The molecule has 1 aromatic carbocycles. The van der Waals surface area contributed by atoms with Crippen molar-refractivity contribution in [3.05, 3.63) is 35.4 Å². The van der Waals surface area contributed by atoms with Crippen molar-refractivity contribution in [2.45, 2.75) is 65.0 Å². The predicted octanol–water partition coefficient (Wildman–Crippen LogP) is 4.61. The highest BCUT2D eigenvalue weighted by Crippen LogP contribution is 2.26. The van der Waals surface area contributed by atoms with Gasteiger partial charge in [0.2, 0.25) is 0 Å². The molecular weight excluding hydrogens is 218 g/mol. The van der Waals surface area contributed by atoms with Crippen LogP contribution in [-0.2, 0) is 0 Å². The molecule has 1 nitrogen and oxygen atoms in total. The van der Waals surface area contributed by atoms with E-state index in [9.17, 15) is 0 Å². The molecule has 100 valence electrons. The smallest absolute Gasteiger partial charge is 0.0297 e. The molecule has 0 heterocycles. The topological polar surface area (TPSA) is 12.0 Å². The van der Waals surface area contributed by atoms with Crippen molar-refractivity contribution in [3.8, 4) is 0 Å². The molecule has 3 atom stereocenters. The maximum absolute atomic E-state index is 3.87. The number of rotatable bonds is 3. The summed E-state index contributed by atoms with van der Waals surface area (Å²) in [4.78, 5) is 0. The first-order valence-corrected chi connectivity index (χ1v) is 7.50. The van der Waals surface area contributed by atoms with Gasteiger partial charge in [-0.25, -0.2) is 0 Å². The fourth-order valence-corrected chi connectivity index (χ4v) is 3.22. The Hall–Kier alpha value is -0.820. The maximum atomic E-state index is 3.87. The summed E-state index contributed by atoms with van der Waals surface area (Å²) in [7, 11) is 0. The van der Waals surface area contributed by atoms with Crippen molar-refractivity contribution in [3.63, 3.8) is 0 Å². The first-order chi connectivity index (χ1) is 8.68. The van der Waals surface area contributed by atoms with Crippen LogP contribution < -0.4 is 5.32 Å². The van der Waals surface area contributed by atoms with Gasteiger partial charge in [0.25, 0.3) is 0 Å². The predicted molar refractivity (Wildman–Crippen MR) is 78.8 cm³/mol.